The molecule has 3 nitrogen and oxygen atoms in total. The zero-order valence-electron chi connectivity index (χ0n) is 12.5. The molecule has 114 valence electrons. The summed E-state index contributed by atoms with van der Waals surface area (Å²) in [4.78, 5) is 0. The van der Waals surface area contributed by atoms with Gasteiger partial charge in [0.05, 0.1) is 15.0 Å². The molecule has 1 unspecified atom stereocenters. The Morgan fingerprint density at radius 1 is 1.25 bits per heavy atom. The van der Waals surface area contributed by atoms with E-state index in [2.05, 4.69) is 57.9 Å². The lowest BCUT2D eigenvalue weighted by Gasteiger charge is -2.21. The standard InChI is InChI=1S/C15H23Br2NO2/c1-5-11(19)9-20-14-12(16)6-10(7-13(14)17)8-18-15(2,3)4/h6-7,11,18-19H,5,8-9H2,1-4H3. The molecular weight excluding hydrogens is 386 g/mol. The molecule has 0 aromatic heterocycles. The van der Waals surface area contributed by atoms with Crippen LogP contribution < -0.4 is 10.1 Å². The Hall–Kier alpha value is -0.100. The van der Waals surface area contributed by atoms with Gasteiger partial charge in [-0.15, -0.1) is 0 Å². The minimum atomic E-state index is -0.434. The number of aliphatic hydroxyl groups excluding tert-OH is 1. The largest absolute Gasteiger partial charge is 0.489 e. The highest BCUT2D eigenvalue weighted by atomic mass is 79.9. The summed E-state index contributed by atoms with van der Waals surface area (Å²) >= 11 is 7.05. The maximum Gasteiger partial charge on any atom is 0.147 e. The maximum atomic E-state index is 9.56. The van der Waals surface area contributed by atoms with Gasteiger partial charge in [0, 0.05) is 12.1 Å². The fourth-order valence-electron chi connectivity index (χ4n) is 1.52. The topological polar surface area (TPSA) is 41.5 Å². The van der Waals surface area contributed by atoms with Crippen LogP contribution in [0.5, 0.6) is 5.75 Å². The van der Waals surface area contributed by atoms with E-state index in [0.717, 1.165) is 21.2 Å². The van der Waals surface area contributed by atoms with Crippen molar-refractivity contribution in [1.29, 1.82) is 0 Å². The van der Waals surface area contributed by atoms with E-state index in [1.807, 2.05) is 19.1 Å². The predicted molar refractivity (Wildman–Crippen MR) is 90.2 cm³/mol. The number of hydrogen-bond donors (Lipinski definition) is 2. The van der Waals surface area contributed by atoms with Crippen LogP contribution in [-0.2, 0) is 6.54 Å². The van der Waals surface area contributed by atoms with Crippen molar-refractivity contribution >= 4 is 31.9 Å². The zero-order chi connectivity index (χ0) is 15.3. The van der Waals surface area contributed by atoms with Crippen LogP contribution in [-0.4, -0.2) is 23.4 Å². The molecule has 0 heterocycles. The first-order chi connectivity index (χ1) is 9.23. The lowest BCUT2D eigenvalue weighted by molar-refractivity contribution is 0.103. The zero-order valence-corrected chi connectivity index (χ0v) is 15.6. The van der Waals surface area contributed by atoms with Gasteiger partial charge in [0.1, 0.15) is 12.4 Å². The van der Waals surface area contributed by atoms with E-state index < -0.39 is 6.10 Å². The van der Waals surface area contributed by atoms with E-state index in [1.54, 1.807) is 0 Å². The van der Waals surface area contributed by atoms with Crippen LogP contribution in [0.25, 0.3) is 0 Å². The van der Waals surface area contributed by atoms with Gasteiger partial charge >= 0.3 is 0 Å². The summed E-state index contributed by atoms with van der Waals surface area (Å²) in [5.41, 5.74) is 1.25. The quantitative estimate of drug-likeness (QED) is 0.739. The highest BCUT2D eigenvalue weighted by Gasteiger charge is 2.13. The molecule has 0 aliphatic heterocycles. The van der Waals surface area contributed by atoms with Crippen LogP contribution in [0.2, 0.25) is 0 Å². The van der Waals surface area contributed by atoms with Crippen molar-refractivity contribution in [2.24, 2.45) is 0 Å². The normalized spacial score (nSPS) is 13.3. The minimum Gasteiger partial charge on any atom is -0.489 e. The lowest BCUT2D eigenvalue weighted by Crippen LogP contribution is -2.35. The summed E-state index contributed by atoms with van der Waals surface area (Å²) in [5, 5.41) is 13.0. The van der Waals surface area contributed by atoms with Gasteiger partial charge in [-0.3, -0.25) is 0 Å². The Labute approximate surface area is 138 Å². The van der Waals surface area contributed by atoms with Gasteiger partial charge in [0.25, 0.3) is 0 Å². The molecule has 1 rings (SSSR count). The molecule has 5 heteroatoms. The van der Waals surface area contributed by atoms with Crippen LogP contribution in [0, 0.1) is 0 Å². The first kappa shape index (κ1) is 18.0. The van der Waals surface area contributed by atoms with E-state index in [-0.39, 0.29) is 5.54 Å². The van der Waals surface area contributed by atoms with Gasteiger partial charge in [-0.2, -0.15) is 0 Å². The lowest BCUT2D eigenvalue weighted by atomic mass is 10.1. The molecular formula is C15H23Br2NO2. The van der Waals surface area contributed by atoms with Crippen molar-refractivity contribution in [1.82, 2.24) is 5.32 Å². The summed E-state index contributed by atoms with van der Waals surface area (Å²) in [6, 6.07) is 4.08. The number of aliphatic hydroxyl groups is 1. The van der Waals surface area contributed by atoms with Gasteiger partial charge in [-0.25, -0.2) is 0 Å². The molecule has 20 heavy (non-hydrogen) atoms. The molecule has 0 fully saturated rings. The van der Waals surface area contributed by atoms with Crippen molar-refractivity contribution in [2.45, 2.75) is 52.3 Å². The monoisotopic (exact) mass is 407 g/mol. The second kappa shape index (κ2) is 7.78. The van der Waals surface area contributed by atoms with Crippen molar-refractivity contribution < 1.29 is 9.84 Å². The molecule has 0 spiro atoms. The van der Waals surface area contributed by atoms with Crippen molar-refractivity contribution in [2.75, 3.05) is 6.61 Å². The molecule has 1 atom stereocenters. The number of halogens is 2. The van der Waals surface area contributed by atoms with Gasteiger partial charge in [-0.05, 0) is 76.7 Å². The van der Waals surface area contributed by atoms with E-state index in [1.165, 1.54) is 5.56 Å². The van der Waals surface area contributed by atoms with Crippen molar-refractivity contribution in [3.8, 4) is 5.75 Å². The Balaban J connectivity index is 2.76. The molecule has 0 aliphatic rings. The Kier molecular flexibility index (Phi) is 6.98. The fraction of sp³-hybridized carbons (Fsp3) is 0.600. The number of nitrogens with one attached hydrogen (secondary N) is 1. The van der Waals surface area contributed by atoms with Crippen LogP contribution in [0.4, 0.5) is 0 Å². The highest BCUT2D eigenvalue weighted by molar-refractivity contribution is 9.11. The second-order valence-electron chi connectivity index (χ2n) is 5.87. The molecule has 0 saturated carbocycles. The van der Waals surface area contributed by atoms with Crippen LogP contribution in [0.15, 0.2) is 21.1 Å². The molecule has 0 radical (unpaired) electrons. The summed E-state index contributed by atoms with van der Waals surface area (Å²) < 4.78 is 7.44. The average molecular weight is 409 g/mol. The average Bonchev–Trinajstić information content (AvgIpc) is 2.34. The molecule has 1 aromatic carbocycles. The Bertz CT molecular complexity index is 421. The fourth-order valence-corrected chi connectivity index (χ4v) is 3.03. The molecule has 0 aliphatic carbocycles. The molecule has 2 N–H and O–H groups in total. The third kappa shape index (κ3) is 6.12. The van der Waals surface area contributed by atoms with E-state index in [0.29, 0.717) is 13.0 Å². The Morgan fingerprint density at radius 3 is 2.25 bits per heavy atom. The van der Waals surface area contributed by atoms with Gasteiger partial charge in [0.2, 0.25) is 0 Å². The predicted octanol–water partition coefficient (Wildman–Crippen LogP) is 4.25. The molecule has 0 amide bonds. The number of hydrogen-bond acceptors (Lipinski definition) is 3. The maximum absolute atomic E-state index is 9.56. The molecule has 0 saturated heterocycles. The molecule has 0 bridgehead atoms. The number of benzene rings is 1. The van der Waals surface area contributed by atoms with E-state index in [4.69, 9.17) is 4.74 Å². The summed E-state index contributed by atoms with van der Waals surface area (Å²) in [6.45, 7) is 9.44. The van der Waals surface area contributed by atoms with Gasteiger partial charge in [-0.1, -0.05) is 6.92 Å². The van der Waals surface area contributed by atoms with Crippen LogP contribution in [0.3, 0.4) is 0 Å². The highest BCUT2D eigenvalue weighted by Crippen LogP contribution is 2.35. The summed E-state index contributed by atoms with van der Waals surface area (Å²) in [6.07, 6.45) is 0.249. The Morgan fingerprint density at radius 2 is 1.80 bits per heavy atom. The molecule has 1 aromatic rings. The van der Waals surface area contributed by atoms with Crippen molar-refractivity contribution in [3.63, 3.8) is 0 Å². The SMILES string of the molecule is CCC(O)COc1c(Br)cc(CNC(C)(C)C)cc1Br. The first-order valence-corrected chi connectivity index (χ1v) is 8.35. The summed E-state index contributed by atoms with van der Waals surface area (Å²) in [5.74, 6) is 0.733. The van der Waals surface area contributed by atoms with E-state index in [9.17, 15) is 5.11 Å². The van der Waals surface area contributed by atoms with Gasteiger partial charge < -0.3 is 15.2 Å². The van der Waals surface area contributed by atoms with Crippen LogP contribution in [0.1, 0.15) is 39.7 Å². The smallest absolute Gasteiger partial charge is 0.147 e. The number of rotatable bonds is 6. The first-order valence-electron chi connectivity index (χ1n) is 6.76. The van der Waals surface area contributed by atoms with E-state index >= 15 is 0 Å². The third-order valence-electron chi connectivity index (χ3n) is 2.77. The third-order valence-corrected chi connectivity index (χ3v) is 3.95. The van der Waals surface area contributed by atoms with Crippen molar-refractivity contribution in [3.05, 3.63) is 26.6 Å². The van der Waals surface area contributed by atoms with Gasteiger partial charge in [0.15, 0.2) is 0 Å². The number of ether oxygens (including phenoxy) is 1. The second-order valence-corrected chi connectivity index (χ2v) is 7.57. The summed E-state index contributed by atoms with van der Waals surface area (Å²) in [7, 11) is 0. The van der Waals surface area contributed by atoms with Crippen LogP contribution >= 0.6 is 31.9 Å². The minimum absolute atomic E-state index is 0.0827.